The van der Waals surface area contributed by atoms with Crippen molar-refractivity contribution in [2.24, 2.45) is 11.3 Å². The molecule has 116 valence electrons. The maximum Gasteiger partial charge on any atom is 0.310 e. The molecule has 0 aromatic heterocycles. The molecule has 0 aliphatic carbocycles. The van der Waals surface area contributed by atoms with Crippen LogP contribution in [-0.2, 0) is 16.0 Å². The molecule has 4 heteroatoms. The molecule has 0 heterocycles. The Kier molecular flexibility index (Phi) is 5.53. The zero-order chi connectivity index (χ0) is 16.2. The summed E-state index contributed by atoms with van der Waals surface area (Å²) in [6.45, 7) is 7.37. The number of nitrogens with zero attached hydrogens (tertiary/aromatic N) is 1. The van der Waals surface area contributed by atoms with Gasteiger partial charge in [0, 0.05) is 19.2 Å². The lowest BCUT2D eigenvalue weighted by molar-refractivity contribution is -0.153. The Balaban J connectivity index is 2.89. The highest BCUT2D eigenvalue weighted by atomic mass is 16.4. The van der Waals surface area contributed by atoms with E-state index in [9.17, 15) is 14.7 Å². The van der Waals surface area contributed by atoms with Gasteiger partial charge in [0.05, 0.1) is 5.41 Å². The van der Waals surface area contributed by atoms with E-state index in [1.807, 2.05) is 38.1 Å². The van der Waals surface area contributed by atoms with E-state index in [-0.39, 0.29) is 18.2 Å². The Morgan fingerprint density at radius 3 is 2.14 bits per heavy atom. The molecule has 1 atom stereocenters. The van der Waals surface area contributed by atoms with Crippen molar-refractivity contribution in [1.82, 2.24) is 0 Å². The molecule has 0 aliphatic rings. The molecule has 1 aromatic rings. The lowest BCUT2D eigenvalue weighted by Crippen LogP contribution is -2.39. The molecule has 0 aliphatic heterocycles. The van der Waals surface area contributed by atoms with Gasteiger partial charge < -0.3 is 10.0 Å². The van der Waals surface area contributed by atoms with Crippen LogP contribution < -0.4 is 4.90 Å². The average molecular weight is 291 g/mol. The molecule has 0 bridgehead atoms. The minimum absolute atomic E-state index is 0.00791. The van der Waals surface area contributed by atoms with E-state index >= 15 is 0 Å². The van der Waals surface area contributed by atoms with Gasteiger partial charge in [0.15, 0.2) is 0 Å². The predicted molar refractivity (Wildman–Crippen MR) is 84.4 cm³/mol. The number of benzene rings is 1. The Morgan fingerprint density at radius 2 is 1.76 bits per heavy atom. The molecule has 0 saturated heterocycles. The number of hydrogen-bond donors (Lipinski definition) is 1. The summed E-state index contributed by atoms with van der Waals surface area (Å²) in [4.78, 5) is 25.4. The smallest absolute Gasteiger partial charge is 0.310 e. The minimum Gasteiger partial charge on any atom is -0.481 e. The third-order valence-electron chi connectivity index (χ3n) is 4.39. The van der Waals surface area contributed by atoms with Crippen LogP contribution in [0.4, 0.5) is 5.69 Å². The number of carboxylic acids is 1. The zero-order valence-corrected chi connectivity index (χ0v) is 13.5. The van der Waals surface area contributed by atoms with Gasteiger partial charge >= 0.3 is 5.97 Å². The Bertz CT molecular complexity index is 507. The van der Waals surface area contributed by atoms with Crippen LogP contribution >= 0.6 is 0 Å². The van der Waals surface area contributed by atoms with Crippen LogP contribution in [0.5, 0.6) is 0 Å². The van der Waals surface area contributed by atoms with Crippen molar-refractivity contribution in [2.75, 3.05) is 11.9 Å². The molecule has 1 unspecified atom stereocenters. The molecule has 4 nitrogen and oxygen atoms in total. The third-order valence-corrected chi connectivity index (χ3v) is 4.39. The van der Waals surface area contributed by atoms with Gasteiger partial charge in [-0.2, -0.15) is 0 Å². The van der Waals surface area contributed by atoms with Crippen LogP contribution in [0.1, 0.15) is 39.7 Å². The molecule has 1 amide bonds. The summed E-state index contributed by atoms with van der Waals surface area (Å²) < 4.78 is 0. The Labute approximate surface area is 126 Å². The second-order valence-corrected chi connectivity index (χ2v) is 6.03. The monoisotopic (exact) mass is 291 g/mol. The van der Waals surface area contributed by atoms with Crippen molar-refractivity contribution in [1.29, 1.82) is 0 Å². The molecule has 0 saturated carbocycles. The second kappa shape index (κ2) is 6.74. The van der Waals surface area contributed by atoms with Crippen LogP contribution in [0.2, 0.25) is 0 Å². The van der Waals surface area contributed by atoms with Crippen LogP contribution in [0.15, 0.2) is 24.3 Å². The lowest BCUT2D eigenvalue weighted by Gasteiger charge is -2.30. The number of anilines is 1. The summed E-state index contributed by atoms with van der Waals surface area (Å²) in [5.74, 6) is -1.23. The van der Waals surface area contributed by atoms with Crippen LogP contribution in [0, 0.1) is 11.3 Å². The van der Waals surface area contributed by atoms with Gasteiger partial charge in [-0.25, -0.2) is 0 Å². The number of amides is 1. The molecular weight excluding hydrogens is 266 g/mol. The summed E-state index contributed by atoms with van der Waals surface area (Å²) >= 11 is 0. The first kappa shape index (κ1) is 17.2. The zero-order valence-electron chi connectivity index (χ0n) is 13.5. The molecule has 1 N–H and O–H groups in total. The topological polar surface area (TPSA) is 57.6 Å². The van der Waals surface area contributed by atoms with E-state index < -0.39 is 11.4 Å². The fraction of sp³-hybridized carbons (Fsp3) is 0.529. The molecule has 0 radical (unpaired) electrons. The quantitative estimate of drug-likeness (QED) is 0.874. The van der Waals surface area contributed by atoms with Crippen LogP contribution in [0.25, 0.3) is 0 Å². The van der Waals surface area contributed by atoms with Crippen molar-refractivity contribution in [3.05, 3.63) is 29.8 Å². The predicted octanol–water partition coefficient (Wildman–Crippen LogP) is 3.35. The Morgan fingerprint density at radius 1 is 1.24 bits per heavy atom. The fourth-order valence-corrected chi connectivity index (χ4v) is 2.06. The largest absolute Gasteiger partial charge is 0.481 e. The van der Waals surface area contributed by atoms with Crippen molar-refractivity contribution in [3.8, 4) is 0 Å². The van der Waals surface area contributed by atoms with E-state index in [1.54, 1.807) is 14.0 Å². The number of carbonyl (C=O) groups is 2. The summed E-state index contributed by atoms with van der Waals surface area (Å²) in [6, 6.07) is 7.75. The van der Waals surface area contributed by atoms with E-state index in [2.05, 4.69) is 6.92 Å². The maximum absolute atomic E-state index is 12.4. The SMILES string of the molecule is CCc1ccc(N(C)C(=O)CC(C)(C(=O)O)C(C)C)cc1. The summed E-state index contributed by atoms with van der Waals surface area (Å²) in [7, 11) is 1.69. The van der Waals surface area contributed by atoms with Crippen LogP contribution in [0.3, 0.4) is 0 Å². The first-order valence-electron chi connectivity index (χ1n) is 7.31. The Hall–Kier alpha value is -1.84. The van der Waals surface area contributed by atoms with Crippen LogP contribution in [-0.4, -0.2) is 24.0 Å². The second-order valence-electron chi connectivity index (χ2n) is 6.03. The fourth-order valence-electron chi connectivity index (χ4n) is 2.06. The van der Waals surface area contributed by atoms with Crippen molar-refractivity contribution in [2.45, 2.75) is 40.5 Å². The maximum atomic E-state index is 12.4. The number of aryl methyl sites for hydroxylation is 1. The van der Waals surface area contributed by atoms with Gasteiger partial charge in [-0.15, -0.1) is 0 Å². The first-order chi connectivity index (χ1) is 9.72. The van der Waals surface area contributed by atoms with Gasteiger partial charge in [0.1, 0.15) is 0 Å². The van der Waals surface area contributed by atoms with Gasteiger partial charge in [-0.05, 0) is 37.0 Å². The van der Waals surface area contributed by atoms with E-state index in [4.69, 9.17) is 0 Å². The average Bonchev–Trinajstić information content (AvgIpc) is 2.45. The molecule has 0 spiro atoms. The van der Waals surface area contributed by atoms with Crippen molar-refractivity contribution in [3.63, 3.8) is 0 Å². The van der Waals surface area contributed by atoms with E-state index in [0.29, 0.717) is 0 Å². The highest BCUT2D eigenvalue weighted by Crippen LogP contribution is 2.32. The molecule has 21 heavy (non-hydrogen) atoms. The number of hydrogen-bond acceptors (Lipinski definition) is 2. The number of carbonyl (C=O) groups excluding carboxylic acids is 1. The van der Waals surface area contributed by atoms with Gasteiger partial charge in [-0.3, -0.25) is 9.59 Å². The summed E-state index contributed by atoms with van der Waals surface area (Å²) in [6.07, 6.45) is 0.939. The van der Waals surface area contributed by atoms with Crippen molar-refractivity contribution < 1.29 is 14.7 Å². The molecule has 0 fully saturated rings. The van der Waals surface area contributed by atoms with Gasteiger partial charge in [-0.1, -0.05) is 32.9 Å². The molecule has 1 rings (SSSR count). The van der Waals surface area contributed by atoms with E-state index in [0.717, 1.165) is 12.1 Å². The first-order valence-corrected chi connectivity index (χ1v) is 7.31. The lowest BCUT2D eigenvalue weighted by atomic mass is 9.76. The normalized spacial score (nSPS) is 13.8. The van der Waals surface area contributed by atoms with Gasteiger partial charge in [0.25, 0.3) is 0 Å². The minimum atomic E-state index is -1.05. The number of carboxylic acid groups (broad SMARTS) is 1. The standard InChI is InChI=1S/C17H25NO3/c1-6-13-7-9-14(10-8-13)18(5)15(19)11-17(4,12(2)3)16(20)21/h7-10,12H,6,11H2,1-5H3,(H,20,21). The highest BCUT2D eigenvalue weighted by Gasteiger charge is 2.39. The number of rotatable bonds is 6. The van der Waals surface area contributed by atoms with Gasteiger partial charge in [0.2, 0.25) is 5.91 Å². The number of aliphatic carboxylic acids is 1. The summed E-state index contributed by atoms with van der Waals surface area (Å²) in [5.41, 5.74) is 0.945. The van der Waals surface area contributed by atoms with E-state index in [1.165, 1.54) is 10.5 Å². The highest BCUT2D eigenvalue weighted by molar-refractivity contribution is 5.95. The van der Waals surface area contributed by atoms with Crippen molar-refractivity contribution >= 4 is 17.6 Å². The molecular formula is C17H25NO3. The molecule has 1 aromatic carbocycles. The third kappa shape index (κ3) is 3.84. The summed E-state index contributed by atoms with van der Waals surface area (Å²) in [5, 5.41) is 9.40.